The largest absolute Gasteiger partial charge is 0.324 e. The van der Waals surface area contributed by atoms with Crippen molar-refractivity contribution >= 4 is 0 Å². The molecule has 0 aliphatic rings. The molecule has 1 aromatic carbocycles. The van der Waals surface area contributed by atoms with Crippen LogP contribution in [0.1, 0.15) is 18.5 Å². The molecule has 2 N–H and O–H groups in total. The molecule has 1 atom stereocenters. The van der Waals surface area contributed by atoms with Crippen LogP contribution in [0.3, 0.4) is 0 Å². The molecule has 0 aliphatic carbocycles. The summed E-state index contributed by atoms with van der Waals surface area (Å²) in [6.45, 7) is 1.73. The Morgan fingerprint density at radius 3 is 2.80 bits per heavy atom. The number of rotatable bonds is 1. The highest BCUT2D eigenvalue weighted by molar-refractivity contribution is 5.18. The lowest BCUT2D eigenvalue weighted by Gasteiger charge is -2.04. The van der Waals surface area contributed by atoms with Gasteiger partial charge < -0.3 is 5.73 Å². The Morgan fingerprint density at radius 2 is 2.40 bits per heavy atom. The molecular weight excluding hydrogens is 129 g/mol. The van der Waals surface area contributed by atoms with Gasteiger partial charge in [0, 0.05) is 11.6 Å². The van der Waals surface area contributed by atoms with Gasteiger partial charge in [-0.25, -0.2) is 4.39 Å². The summed E-state index contributed by atoms with van der Waals surface area (Å²) in [6, 6.07) is 7.10. The van der Waals surface area contributed by atoms with E-state index >= 15 is 0 Å². The lowest BCUT2D eigenvalue weighted by Crippen LogP contribution is -2.06. The van der Waals surface area contributed by atoms with Crippen molar-refractivity contribution in [2.45, 2.75) is 13.0 Å². The van der Waals surface area contributed by atoms with Gasteiger partial charge in [0.15, 0.2) is 0 Å². The van der Waals surface area contributed by atoms with Crippen LogP contribution in [0.5, 0.6) is 0 Å². The monoisotopic (exact) mass is 138 g/mol. The molecular formula is C8H9FN. The quantitative estimate of drug-likeness (QED) is 0.627. The molecule has 1 aromatic rings. The van der Waals surface area contributed by atoms with Crippen molar-refractivity contribution in [2.75, 3.05) is 0 Å². The summed E-state index contributed by atoms with van der Waals surface area (Å²) >= 11 is 0. The van der Waals surface area contributed by atoms with Gasteiger partial charge in [-0.3, -0.25) is 0 Å². The maximum atomic E-state index is 12.7. The Bertz CT molecular complexity index is 220. The van der Waals surface area contributed by atoms with Gasteiger partial charge in [-0.05, 0) is 19.1 Å². The van der Waals surface area contributed by atoms with Gasteiger partial charge in [0.2, 0.25) is 0 Å². The van der Waals surface area contributed by atoms with Crippen LogP contribution in [-0.4, -0.2) is 0 Å². The van der Waals surface area contributed by atoms with Crippen molar-refractivity contribution in [2.24, 2.45) is 5.73 Å². The molecule has 0 spiro atoms. The lowest BCUT2D eigenvalue weighted by atomic mass is 10.1. The zero-order valence-corrected chi connectivity index (χ0v) is 5.76. The minimum Gasteiger partial charge on any atom is -0.324 e. The highest BCUT2D eigenvalue weighted by Gasteiger charge is 2.03. The van der Waals surface area contributed by atoms with E-state index in [1.807, 2.05) is 0 Å². The van der Waals surface area contributed by atoms with E-state index in [9.17, 15) is 4.39 Å². The third-order valence-electron chi connectivity index (χ3n) is 1.29. The second-order valence-electron chi connectivity index (χ2n) is 2.22. The van der Waals surface area contributed by atoms with E-state index in [-0.39, 0.29) is 11.9 Å². The second kappa shape index (κ2) is 2.80. The Kier molecular flexibility index (Phi) is 2.02. The van der Waals surface area contributed by atoms with Crippen molar-refractivity contribution in [3.63, 3.8) is 0 Å². The number of nitrogens with two attached hydrogens (primary N) is 1. The molecule has 0 unspecified atom stereocenters. The Balaban J connectivity index is 3.03. The average molecular weight is 138 g/mol. The predicted molar refractivity (Wildman–Crippen MR) is 37.8 cm³/mol. The van der Waals surface area contributed by atoms with Gasteiger partial charge in [0.25, 0.3) is 0 Å². The molecule has 0 saturated carbocycles. The van der Waals surface area contributed by atoms with Crippen LogP contribution < -0.4 is 5.73 Å². The van der Waals surface area contributed by atoms with Gasteiger partial charge in [-0.1, -0.05) is 12.1 Å². The Morgan fingerprint density at radius 1 is 1.70 bits per heavy atom. The minimum atomic E-state index is -0.280. The van der Waals surface area contributed by atoms with Gasteiger partial charge in [0.1, 0.15) is 5.82 Å². The summed E-state index contributed by atoms with van der Waals surface area (Å²) in [5, 5.41) is 0. The summed E-state index contributed by atoms with van der Waals surface area (Å²) < 4.78 is 12.7. The molecule has 2 heteroatoms. The first-order valence-electron chi connectivity index (χ1n) is 3.13. The molecule has 1 rings (SSSR count). The number of benzene rings is 1. The van der Waals surface area contributed by atoms with Crippen LogP contribution in [0.25, 0.3) is 0 Å². The molecule has 1 radical (unpaired) electrons. The van der Waals surface area contributed by atoms with Crippen molar-refractivity contribution in [1.82, 2.24) is 0 Å². The van der Waals surface area contributed by atoms with E-state index in [0.29, 0.717) is 5.56 Å². The zero-order chi connectivity index (χ0) is 7.56. The van der Waals surface area contributed by atoms with Crippen LogP contribution in [0.15, 0.2) is 18.2 Å². The van der Waals surface area contributed by atoms with E-state index in [1.165, 1.54) is 6.07 Å². The van der Waals surface area contributed by atoms with Crippen molar-refractivity contribution in [3.05, 3.63) is 35.6 Å². The molecule has 10 heavy (non-hydrogen) atoms. The van der Waals surface area contributed by atoms with Crippen molar-refractivity contribution in [3.8, 4) is 0 Å². The first kappa shape index (κ1) is 7.22. The first-order valence-corrected chi connectivity index (χ1v) is 3.13. The van der Waals surface area contributed by atoms with E-state index in [1.54, 1.807) is 19.1 Å². The van der Waals surface area contributed by atoms with Crippen LogP contribution in [0.2, 0.25) is 0 Å². The third kappa shape index (κ3) is 1.33. The molecule has 0 amide bonds. The van der Waals surface area contributed by atoms with E-state index < -0.39 is 0 Å². The maximum Gasteiger partial charge on any atom is 0.128 e. The lowest BCUT2D eigenvalue weighted by molar-refractivity contribution is 0.593. The van der Waals surface area contributed by atoms with Gasteiger partial charge in [0.05, 0.1) is 0 Å². The molecule has 0 heterocycles. The van der Waals surface area contributed by atoms with Crippen LogP contribution in [0, 0.1) is 11.9 Å². The predicted octanol–water partition coefficient (Wildman–Crippen LogP) is 1.65. The second-order valence-corrected chi connectivity index (χ2v) is 2.22. The highest BCUT2D eigenvalue weighted by Crippen LogP contribution is 2.11. The van der Waals surface area contributed by atoms with Crippen molar-refractivity contribution < 1.29 is 4.39 Å². The normalized spacial score (nSPS) is 13.1. The number of hydrogen-bond acceptors (Lipinski definition) is 1. The molecule has 1 nitrogen and oxygen atoms in total. The molecule has 0 bridgehead atoms. The fourth-order valence-corrected chi connectivity index (χ4v) is 0.778. The minimum absolute atomic E-state index is 0.277. The molecule has 0 fully saturated rings. The van der Waals surface area contributed by atoms with E-state index in [0.717, 1.165) is 0 Å². The third-order valence-corrected chi connectivity index (χ3v) is 1.29. The summed E-state index contributed by atoms with van der Waals surface area (Å²) in [7, 11) is 0. The molecule has 0 aliphatic heterocycles. The summed E-state index contributed by atoms with van der Waals surface area (Å²) in [5.41, 5.74) is 5.89. The van der Waals surface area contributed by atoms with Crippen LogP contribution >= 0.6 is 0 Å². The van der Waals surface area contributed by atoms with Crippen molar-refractivity contribution in [1.29, 1.82) is 0 Å². The molecule has 53 valence electrons. The van der Waals surface area contributed by atoms with Gasteiger partial charge >= 0.3 is 0 Å². The SMILES string of the molecule is C[C@@H](N)c1[c]cccc1F. The standard InChI is InChI=1S/C8H9FN/c1-6(10)7-4-2-3-5-8(7)9/h2-3,5-6H,10H2,1H3/t6-/m1/s1. The van der Waals surface area contributed by atoms with Gasteiger partial charge in [-0.2, -0.15) is 0 Å². The maximum absolute atomic E-state index is 12.7. The van der Waals surface area contributed by atoms with Gasteiger partial charge in [-0.15, -0.1) is 0 Å². The highest BCUT2D eigenvalue weighted by atomic mass is 19.1. The smallest absolute Gasteiger partial charge is 0.128 e. The first-order chi connectivity index (χ1) is 4.72. The molecule has 0 aromatic heterocycles. The summed E-state index contributed by atoms with van der Waals surface area (Å²) in [5.74, 6) is -0.280. The summed E-state index contributed by atoms with van der Waals surface area (Å²) in [6.07, 6.45) is 0. The summed E-state index contributed by atoms with van der Waals surface area (Å²) in [4.78, 5) is 0. The topological polar surface area (TPSA) is 26.0 Å². The van der Waals surface area contributed by atoms with Crippen LogP contribution in [-0.2, 0) is 0 Å². The number of hydrogen-bond donors (Lipinski definition) is 1. The van der Waals surface area contributed by atoms with Crippen LogP contribution in [0.4, 0.5) is 4.39 Å². The number of halogens is 1. The molecule has 0 saturated heterocycles. The fraction of sp³-hybridized carbons (Fsp3) is 0.250. The Labute approximate surface area is 59.7 Å². The van der Waals surface area contributed by atoms with E-state index in [2.05, 4.69) is 6.07 Å². The zero-order valence-electron chi connectivity index (χ0n) is 5.76. The fourth-order valence-electron chi connectivity index (χ4n) is 0.778. The Hall–Kier alpha value is -0.890. The van der Waals surface area contributed by atoms with E-state index in [4.69, 9.17) is 5.73 Å². The average Bonchev–Trinajstić information content (AvgIpc) is 1.88.